The summed E-state index contributed by atoms with van der Waals surface area (Å²) in [5.41, 5.74) is 1.35. The molecule has 0 amide bonds. The summed E-state index contributed by atoms with van der Waals surface area (Å²) < 4.78 is 0. The zero-order valence-corrected chi connectivity index (χ0v) is 13.8. The van der Waals surface area contributed by atoms with Crippen LogP contribution in [0.2, 0.25) is 0 Å². The zero-order valence-electron chi connectivity index (χ0n) is 13.0. The van der Waals surface area contributed by atoms with Gasteiger partial charge in [-0.2, -0.15) is 0 Å². The van der Waals surface area contributed by atoms with E-state index in [-0.39, 0.29) is 0 Å². The Balaban J connectivity index is 1.85. The average Bonchev–Trinajstić information content (AvgIpc) is 2.87. The van der Waals surface area contributed by atoms with E-state index in [9.17, 15) is 0 Å². The molecule has 2 heterocycles. The van der Waals surface area contributed by atoms with E-state index < -0.39 is 0 Å². The minimum atomic E-state index is 0.492. The van der Waals surface area contributed by atoms with Gasteiger partial charge in [-0.1, -0.05) is 13.8 Å². The number of aryl methyl sites for hydroxylation is 1. The standard InChI is InChI=1S/C16H27N3S/c1-4-17-13-8-5-9-14-15(13)18-16(20-14)19-10-6-7-11(2)12(19)3/h11-13,17H,4-10H2,1-3H3. The normalized spacial score (nSPS) is 30.4. The number of hydrogen-bond donors (Lipinski definition) is 1. The molecule has 0 saturated carbocycles. The van der Waals surface area contributed by atoms with E-state index in [1.54, 1.807) is 0 Å². The van der Waals surface area contributed by atoms with E-state index in [1.165, 1.54) is 54.4 Å². The van der Waals surface area contributed by atoms with Crippen molar-refractivity contribution in [3.05, 3.63) is 10.6 Å². The van der Waals surface area contributed by atoms with Crippen molar-refractivity contribution in [3.8, 4) is 0 Å². The highest BCUT2D eigenvalue weighted by Gasteiger charge is 2.30. The monoisotopic (exact) mass is 293 g/mol. The number of anilines is 1. The van der Waals surface area contributed by atoms with Crippen molar-refractivity contribution in [1.29, 1.82) is 0 Å². The summed E-state index contributed by atoms with van der Waals surface area (Å²) in [6, 6.07) is 1.13. The Labute approximate surface area is 126 Å². The molecule has 1 aliphatic heterocycles. The highest BCUT2D eigenvalue weighted by atomic mass is 32.1. The van der Waals surface area contributed by atoms with Crippen molar-refractivity contribution in [1.82, 2.24) is 10.3 Å². The topological polar surface area (TPSA) is 28.2 Å². The molecule has 3 unspecified atom stereocenters. The summed E-state index contributed by atoms with van der Waals surface area (Å²) in [5.74, 6) is 0.786. The molecule has 112 valence electrons. The van der Waals surface area contributed by atoms with Crippen LogP contribution in [-0.4, -0.2) is 24.1 Å². The van der Waals surface area contributed by atoms with Crippen LogP contribution in [-0.2, 0) is 6.42 Å². The molecule has 3 nitrogen and oxygen atoms in total. The first-order valence-electron chi connectivity index (χ1n) is 8.20. The predicted octanol–water partition coefficient (Wildman–Crippen LogP) is 3.75. The number of nitrogens with one attached hydrogen (secondary N) is 1. The number of hydrogen-bond acceptors (Lipinski definition) is 4. The fourth-order valence-corrected chi connectivity index (χ4v) is 4.86. The second-order valence-corrected chi connectivity index (χ2v) is 7.42. The number of aromatic nitrogens is 1. The molecule has 0 spiro atoms. The quantitative estimate of drug-likeness (QED) is 0.920. The van der Waals surface area contributed by atoms with Gasteiger partial charge in [-0.05, 0) is 51.5 Å². The van der Waals surface area contributed by atoms with Crippen LogP contribution in [0.1, 0.15) is 63.1 Å². The molecule has 3 rings (SSSR count). The SMILES string of the molecule is CCNC1CCCc2sc(N3CCCC(C)C3C)nc21. The van der Waals surface area contributed by atoms with Crippen molar-refractivity contribution < 1.29 is 0 Å². The third kappa shape index (κ3) is 2.60. The largest absolute Gasteiger partial charge is 0.345 e. The van der Waals surface area contributed by atoms with Crippen LogP contribution in [0, 0.1) is 5.92 Å². The Morgan fingerprint density at radius 3 is 2.95 bits per heavy atom. The summed E-state index contributed by atoms with van der Waals surface area (Å²) in [4.78, 5) is 9.13. The second-order valence-electron chi connectivity index (χ2n) is 6.36. The van der Waals surface area contributed by atoms with Gasteiger partial charge in [0.25, 0.3) is 0 Å². The number of fused-ring (bicyclic) bond motifs is 1. The van der Waals surface area contributed by atoms with Crippen molar-refractivity contribution in [2.45, 2.75) is 65.0 Å². The fourth-order valence-electron chi connectivity index (χ4n) is 3.58. The molecule has 1 N–H and O–H groups in total. The van der Waals surface area contributed by atoms with Crippen molar-refractivity contribution in [2.75, 3.05) is 18.0 Å². The molecule has 1 aromatic rings. The van der Waals surface area contributed by atoms with Gasteiger partial charge in [0.05, 0.1) is 11.7 Å². The fraction of sp³-hybridized carbons (Fsp3) is 0.812. The first kappa shape index (κ1) is 14.3. The highest BCUT2D eigenvalue weighted by Crippen LogP contribution is 2.39. The molecule has 1 aromatic heterocycles. The van der Waals surface area contributed by atoms with Gasteiger partial charge < -0.3 is 10.2 Å². The maximum Gasteiger partial charge on any atom is 0.186 e. The van der Waals surface area contributed by atoms with Gasteiger partial charge in [-0.15, -0.1) is 11.3 Å². The number of rotatable bonds is 3. The molecule has 20 heavy (non-hydrogen) atoms. The van der Waals surface area contributed by atoms with Gasteiger partial charge in [0, 0.05) is 17.5 Å². The summed E-state index contributed by atoms with van der Waals surface area (Å²) in [6.07, 6.45) is 6.45. The summed E-state index contributed by atoms with van der Waals surface area (Å²) in [5, 5.41) is 4.88. The average molecular weight is 293 g/mol. The number of nitrogens with zero attached hydrogens (tertiary/aromatic N) is 2. The van der Waals surface area contributed by atoms with Crippen LogP contribution < -0.4 is 10.2 Å². The molecule has 2 aliphatic rings. The minimum Gasteiger partial charge on any atom is -0.345 e. The van der Waals surface area contributed by atoms with Crippen molar-refractivity contribution in [2.24, 2.45) is 5.92 Å². The van der Waals surface area contributed by atoms with Gasteiger partial charge in [-0.25, -0.2) is 4.98 Å². The summed E-state index contributed by atoms with van der Waals surface area (Å²) in [7, 11) is 0. The van der Waals surface area contributed by atoms with Crippen molar-refractivity contribution >= 4 is 16.5 Å². The molecule has 3 atom stereocenters. The number of piperidine rings is 1. The Hall–Kier alpha value is -0.610. The van der Waals surface area contributed by atoms with E-state index in [0.29, 0.717) is 12.1 Å². The third-order valence-electron chi connectivity index (χ3n) is 5.01. The lowest BCUT2D eigenvalue weighted by Gasteiger charge is -2.37. The Kier molecular flexibility index (Phi) is 4.32. The second kappa shape index (κ2) is 6.02. The Bertz CT molecular complexity index is 457. The lowest BCUT2D eigenvalue weighted by Crippen LogP contribution is -2.42. The van der Waals surface area contributed by atoms with Gasteiger partial charge in [0.2, 0.25) is 0 Å². The highest BCUT2D eigenvalue weighted by molar-refractivity contribution is 7.15. The molecule has 1 saturated heterocycles. The van der Waals surface area contributed by atoms with Gasteiger partial charge in [0.1, 0.15) is 0 Å². The van der Waals surface area contributed by atoms with E-state index in [4.69, 9.17) is 4.98 Å². The Morgan fingerprint density at radius 2 is 2.15 bits per heavy atom. The third-order valence-corrected chi connectivity index (χ3v) is 6.18. The molecule has 1 aliphatic carbocycles. The number of thiazole rings is 1. The summed E-state index contributed by atoms with van der Waals surface area (Å²) in [6.45, 7) is 9.16. The van der Waals surface area contributed by atoms with Crippen molar-refractivity contribution in [3.63, 3.8) is 0 Å². The van der Waals surface area contributed by atoms with E-state index in [2.05, 4.69) is 31.0 Å². The maximum absolute atomic E-state index is 5.04. The van der Waals surface area contributed by atoms with Crippen LogP contribution in [0.3, 0.4) is 0 Å². The molecule has 0 radical (unpaired) electrons. The van der Waals surface area contributed by atoms with E-state index in [0.717, 1.165) is 12.5 Å². The first-order chi connectivity index (χ1) is 9.70. The molecule has 4 heteroatoms. The molecular formula is C16H27N3S. The maximum atomic E-state index is 5.04. The molecule has 0 aromatic carbocycles. The van der Waals surface area contributed by atoms with Crippen LogP contribution in [0.4, 0.5) is 5.13 Å². The van der Waals surface area contributed by atoms with E-state index in [1.807, 2.05) is 11.3 Å². The minimum absolute atomic E-state index is 0.492. The smallest absolute Gasteiger partial charge is 0.186 e. The Morgan fingerprint density at radius 1 is 1.30 bits per heavy atom. The van der Waals surface area contributed by atoms with Gasteiger partial charge in [0.15, 0.2) is 5.13 Å². The first-order valence-corrected chi connectivity index (χ1v) is 9.02. The van der Waals surface area contributed by atoms with Gasteiger partial charge in [-0.3, -0.25) is 0 Å². The lowest BCUT2D eigenvalue weighted by atomic mass is 9.92. The lowest BCUT2D eigenvalue weighted by molar-refractivity contribution is 0.363. The van der Waals surface area contributed by atoms with Crippen LogP contribution in [0.15, 0.2) is 0 Å². The van der Waals surface area contributed by atoms with Crippen LogP contribution >= 0.6 is 11.3 Å². The van der Waals surface area contributed by atoms with Crippen LogP contribution in [0.5, 0.6) is 0 Å². The zero-order chi connectivity index (χ0) is 14.1. The van der Waals surface area contributed by atoms with Crippen LogP contribution in [0.25, 0.3) is 0 Å². The van der Waals surface area contributed by atoms with E-state index >= 15 is 0 Å². The molecule has 0 bridgehead atoms. The molecular weight excluding hydrogens is 266 g/mol. The summed E-state index contributed by atoms with van der Waals surface area (Å²) >= 11 is 1.95. The molecule has 1 fully saturated rings. The predicted molar refractivity (Wildman–Crippen MR) is 86.7 cm³/mol. The van der Waals surface area contributed by atoms with Gasteiger partial charge >= 0.3 is 0 Å².